The van der Waals surface area contributed by atoms with Crippen molar-refractivity contribution in [3.8, 4) is 0 Å². The summed E-state index contributed by atoms with van der Waals surface area (Å²) in [4.78, 5) is 28.1. The van der Waals surface area contributed by atoms with Crippen LogP contribution >= 0.6 is 0 Å². The van der Waals surface area contributed by atoms with Gasteiger partial charge < -0.3 is 10.2 Å². The van der Waals surface area contributed by atoms with Crippen LogP contribution in [0.2, 0.25) is 0 Å². The van der Waals surface area contributed by atoms with Gasteiger partial charge in [0.05, 0.1) is 0 Å². The van der Waals surface area contributed by atoms with E-state index in [0.29, 0.717) is 19.5 Å². The minimum absolute atomic E-state index is 0.0231. The second-order valence-corrected chi connectivity index (χ2v) is 6.41. The molecule has 0 radical (unpaired) electrons. The number of nitrogens with one attached hydrogen (secondary N) is 1. The number of likely N-dealkylation sites (tertiary alicyclic amines) is 1. The van der Waals surface area contributed by atoms with Gasteiger partial charge in [-0.25, -0.2) is 0 Å². The molecule has 1 fully saturated rings. The zero-order valence-electron chi connectivity index (χ0n) is 14.3. The van der Waals surface area contributed by atoms with Crippen molar-refractivity contribution in [2.45, 2.75) is 32.2 Å². The maximum Gasteiger partial charge on any atom is 0.242 e. The monoisotopic (exact) mass is 317 g/mol. The first-order chi connectivity index (χ1) is 11.0. The maximum absolute atomic E-state index is 12.6. The molecule has 1 saturated heterocycles. The van der Waals surface area contributed by atoms with E-state index in [4.69, 9.17) is 0 Å². The van der Waals surface area contributed by atoms with E-state index in [1.54, 1.807) is 0 Å². The number of nitrogens with zero attached hydrogens (tertiary/aromatic N) is 2. The van der Waals surface area contributed by atoms with Gasteiger partial charge in [0.25, 0.3) is 0 Å². The Morgan fingerprint density at radius 3 is 2.78 bits per heavy atom. The van der Waals surface area contributed by atoms with Gasteiger partial charge in [0.2, 0.25) is 11.8 Å². The molecule has 5 nitrogen and oxygen atoms in total. The number of likely N-dealkylation sites (N-methyl/N-ethyl adjacent to an activating group) is 1. The average molecular weight is 317 g/mol. The lowest BCUT2D eigenvalue weighted by molar-refractivity contribution is -0.134. The lowest BCUT2D eigenvalue weighted by Gasteiger charge is -2.28. The molecule has 1 aliphatic rings. The Kier molecular flexibility index (Phi) is 6.16. The predicted molar refractivity (Wildman–Crippen MR) is 91.0 cm³/mol. The van der Waals surface area contributed by atoms with E-state index in [9.17, 15) is 9.59 Å². The zero-order chi connectivity index (χ0) is 16.8. The summed E-state index contributed by atoms with van der Waals surface area (Å²) in [6, 6.07) is 7.70. The number of amides is 2. The van der Waals surface area contributed by atoms with Gasteiger partial charge in [-0.05, 0) is 39.4 Å². The summed E-state index contributed by atoms with van der Waals surface area (Å²) in [5, 5.41) is 2.98. The molecule has 23 heavy (non-hydrogen) atoms. The fourth-order valence-corrected chi connectivity index (χ4v) is 3.03. The predicted octanol–water partition coefficient (Wildman–Crippen LogP) is 1.73. The fraction of sp³-hybridized carbons (Fsp3) is 0.556. The quantitative estimate of drug-likeness (QED) is 0.869. The van der Waals surface area contributed by atoms with Crippen molar-refractivity contribution >= 4 is 11.8 Å². The van der Waals surface area contributed by atoms with E-state index in [2.05, 4.69) is 5.32 Å². The van der Waals surface area contributed by atoms with Crippen molar-refractivity contribution in [3.63, 3.8) is 0 Å². The van der Waals surface area contributed by atoms with Crippen molar-refractivity contribution in [1.29, 1.82) is 0 Å². The van der Waals surface area contributed by atoms with Gasteiger partial charge in [-0.2, -0.15) is 0 Å². The van der Waals surface area contributed by atoms with Crippen LogP contribution in [0.5, 0.6) is 0 Å². The highest BCUT2D eigenvalue weighted by Gasteiger charge is 2.23. The Labute approximate surface area is 138 Å². The minimum Gasteiger partial charge on any atom is -0.353 e. The summed E-state index contributed by atoms with van der Waals surface area (Å²) in [5.74, 6) is 0.179. The van der Waals surface area contributed by atoms with Crippen molar-refractivity contribution in [1.82, 2.24) is 15.1 Å². The molecule has 1 heterocycles. The number of hydrogen-bond donors (Lipinski definition) is 1. The number of carbonyl (C=O) groups is 2. The molecule has 0 unspecified atom stereocenters. The van der Waals surface area contributed by atoms with E-state index >= 15 is 0 Å². The molecular weight excluding hydrogens is 290 g/mol. The second-order valence-electron chi connectivity index (χ2n) is 6.41. The number of rotatable bonds is 6. The van der Waals surface area contributed by atoms with Crippen LogP contribution in [0.25, 0.3) is 0 Å². The second kappa shape index (κ2) is 8.11. The molecular formula is C18H27N3O2. The van der Waals surface area contributed by atoms with Gasteiger partial charge in [-0.15, -0.1) is 0 Å². The number of hydrogen-bond acceptors (Lipinski definition) is 3. The molecule has 5 heteroatoms. The standard InChI is InChI=1S/C18H27N3O2/c1-14-7-6-8-15(13-14)17(20(2)3)18(23)19-10-12-21-11-5-4-9-16(21)22/h6-8,13,17H,4-5,9-12H2,1-3H3,(H,19,23)/t17-/m0/s1. The topological polar surface area (TPSA) is 52.7 Å². The van der Waals surface area contributed by atoms with E-state index < -0.39 is 0 Å². The Morgan fingerprint density at radius 1 is 1.35 bits per heavy atom. The first kappa shape index (κ1) is 17.5. The Morgan fingerprint density at radius 2 is 2.13 bits per heavy atom. The molecule has 2 amide bonds. The third-order valence-corrected chi connectivity index (χ3v) is 4.22. The molecule has 0 aromatic heterocycles. The summed E-state index contributed by atoms with van der Waals surface area (Å²) < 4.78 is 0. The first-order valence-electron chi connectivity index (χ1n) is 8.27. The summed E-state index contributed by atoms with van der Waals surface area (Å²) in [5.41, 5.74) is 2.13. The van der Waals surface area contributed by atoms with Gasteiger partial charge in [-0.3, -0.25) is 14.5 Å². The molecule has 0 spiro atoms. The number of aryl methyl sites for hydroxylation is 1. The Hall–Kier alpha value is -1.88. The summed E-state index contributed by atoms with van der Waals surface area (Å²) >= 11 is 0. The third kappa shape index (κ3) is 4.79. The third-order valence-electron chi connectivity index (χ3n) is 4.22. The van der Waals surface area contributed by atoms with Crippen LogP contribution in [-0.2, 0) is 9.59 Å². The molecule has 0 bridgehead atoms. The maximum atomic E-state index is 12.6. The largest absolute Gasteiger partial charge is 0.353 e. The molecule has 1 aromatic rings. The van der Waals surface area contributed by atoms with E-state index in [0.717, 1.165) is 30.5 Å². The van der Waals surface area contributed by atoms with Gasteiger partial charge in [0.1, 0.15) is 6.04 Å². The Bertz CT molecular complexity index is 557. The van der Waals surface area contributed by atoms with Crippen LogP contribution in [0.4, 0.5) is 0 Å². The fourth-order valence-electron chi connectivity index (χ4n) is 3.03. The van der Waals surface area contributed by atoms with Crippen LogP contribution in [-0.4, -0.2) is 55.3 Å². The van der Waals surface area contributed by atoms with Gasteiger partial charge >= 0.3 is 0 Å². The number of benzene rings is 1. The lowest BCUT2D eigenvalue weighted by Crippen LogP contribution is -2.43. The van der Waals surface area contributed by atoms with Gasteiger partial charge in [-0.1, -0.05) is 29.8 Å². The summed E-state index contributed by atoms with van der Waals surface area (Å²) in [6.45, 7) is 3.93. The van der Waals surface area contributed by atoms with Crippen molar-refractivity contribution in [3.05, 3.63) is 35.4 Å². The zero-order valence-corrected chi connectivity index (χ0v) is 14.3. The van der Waals surface area contributed by atoms with Crippen molar-refractivity contribution in [2.24, 2.45) is 0 Å². The SMILES string of the molecule is Cc1cccc([C@@H](C(=O)NCCN2CCCCC2=O)N(C)C)c1. The van der Waals surface area contributed by atoms with Crippen LogP contribution in [0.1, 0.15) is 36.4 Å². The molecule has 1 N–H and O–H groups in total. The number of carbonyl (C=O) groups excluding carboxylic acids is 2. The lowest BCUT2D eigenvalue weighted by atomic mass is 10.0. The highest BCUT2D eigenvalue weighted by molar-refractivity contribution is 5.83. The Balaban J connectivity index is 1.92. The molecule has 126 valence electrons. The molecule has 0 aliphatic carbocycles. The van der Waals surface area contributed by atoms with E-state index in [1.165, 1.54) is 0 Å². The molecule has 1 aromatic carbocycles. The van der Waals surface area contributed by atoms with Gasteiger partial charge in [0.15, 0.2) is 0 Å². The van der Waals surface area contributed by atoms with Crippen LogP contribution in [0.15, 0.2) is 24.3 Å². The van der Waals surface area contributed by atoms with Gasteiger partial charge in [0, 0.05) is 26.1 Å². The molecule has 1 aliphatic heterocycles. The highest BCUT2D eigenvalue weighted by atomic mass is 16.2. The van der Waals surface area contributed by atoms with E-state index in [-0.39, 0.29) is 17.9 Å². The van der Waals surface area contributed by atoms with Crippen molar-refractivity contribution in [2.75, 3.05) is 33.7 Å². The average Bonchev–Trinajstić information content (AvgIpc) is 2.49. The van der Waals surface area contributed by atoms with Crippen LogP contribution in [0.3, 0.4) is 0 Å². The molecule has 2 rings (SSSR count). The number of piperidine rings is 1. The van der Waals surface area contributed by atoms with E-state index in [1.807, 2.05) is 55.1 Å². The summed E-state index contributed by atoms with van der Waals surface area (Å²) in [6.07, 6.45) is 2.68. The smallest absolute Gasteiger partial charge is 0.242 e. The first-order valence-corrected chi connectivity index (χ1v) is 8.27. The van der Waals surface area contributed by atoms with Crippen LogP contribution < -0.4 is 5.32 Å². The minimum atomic E-state index is -0.313. The highest BCUT2D eigenvalue weighted by Crippen LogP contribution is 2.19. The van der Waals surface area contributed by atoms with Crippen molar-refractivity contribution < 1.29 is 9.59 Å². The molecule has 0 saturated carbocycles. The van der Waals surface area contributed by atoms with Crippen LogP contribution in [0, 0.1) is 6.92 Å². The molecule has 1 atom stereocenters. The normalized spacial score (nSPS) is 16.5. The summed E-state index contributed by atoms with van der Waals surface area (Å²) in [7, 11) is 3.81.